The molecule has 0 spiro atoms. The number of rotatable bonds is 6. The Balaban J connectivity index is 1.82. The third-order valence-corrected chi connectivity index (χ3v) is 4.42. The first-order valence-electron chi connectivity index (χ1n) is 8.81. The Morgan fingerprint density at radius 3 is 2.54 bits per heavy atom. The summed E-state index contributed by atoms with van der Waals surface area (Å²) < 4.78 is 5.61. The second-order valence-corrected chi connectivity index (χ2v) is 6.38. The maximum absolute atomic E-state index is 12.7. The highest BCUT2D eigenvalue weighted by Gasteiger charge is 2.23. The van der Waals surface area contributed by atoms with Crippen LogP contribution in [0.2, 0.25) is 0 Å². The zero-order valence-electron chi connectivity index (χ0n) is 15.3. The molecule has 0 saturated heterocycles. The summed E-state index contributed by atoms with van der Waals surface area (Å²) in [6, 6.07) is 15.9. The van der Waals surface area contributed by atoms with E-state index in [1.165, 1.54) is 5.56 Å². The van der Waals surface area contributed by atoms with Gasteiger partial charge in [0.25, 0.3) is 0 Å². The Morgan fingerprint density at radius 2 is 1.88 bits per heavy atom. The number of aryl methyl sites for hydroxylation is 3. The van der Waals surface area contributed by atoms with Gasteiger partial charge in [-0.15, -0.1) is 10.2 Å². The van der Waals surface area contributed by atoms with Crippen molar-refractivity contribution in [1.29, 1.82) is 0 Å². The highest BCUT2D eigenvalue weighted by Crippen LogP contribution is 2.28. The van der Waals surface area contributed by atoms with E-state index in [1.807, 2.05) is 49.4 Å². The maximum atomic E-state index is 12.7. The molecule has 0 radical (unpaired) electrons. The van der Waals surface area contributed by atoms with Gasteiger partial charge in [0, 0.05) is 19.0 Å². The van der Waals surface area contributed by atoms with Crippen LogP contribution >= 0.6 is 0 Å². The molecule has 134 valence electrons. The Labute approximate surface area is 153 Å². The molecule has 0 fully saturated rings. The number of carbonyl (C=O) groups excluding carboxylic acids is 1. The van der Waals surface area contributed by atoms with Gasteiger partial charge in [0.15, 0.2) is 0 Å². The highest BCUT2D eigenvalue weighted by atomic mass is 16.4. The molecule has 26 heavy (non-hydrogen) atoms. The van der Waals surface area contributed by atoms with E-state index in [0.717, 1.165) is 23.2 Å². The first kappa shape index (κ1) is 17.9. The van der Waals surface area contributed by atoms with E-state index >= 15 is 0 Å². The minimum absolute atomic E-state index is 0.0777. The van der Waals surface area contributed by atoms with Gasteiger partial charge in [0.1, 0.15) is 0 Å². The first-order valence-corrected chi connectivity index (χ1v) is 8.81. The Bertz CT molecular complexity index is 887. The summed E-state index contributed by atoms with van der Waals surface area (Å²) in [6.07, 6.45) is 1.17. The van der Waals surface area contributed by atoms with Crippen molar-refractivity contribution in [3.8, 4) is 0 Å². The molecule has 3 aromatic rings. The smallest absolute Gasteiger partial charge is 0.225 e. The molecule has 3 rings (SSSR count). The predicted molar refractivity (Wildman–Crippen MR) is 101 cm³/mol. The predicted octanol–water partition coefficient (Wildman–Crippen LogP) is 4.41. The summed E-state index contributed by atoms with van der Waals surface area (Å²) in [5.74, 6) is 0.605. The summed E-state index contributed by atoms with van der Waals surface area (Å²) >= 11 is 0. The third kappa shape index (κ3) is 4.17. The fourth-order valence-electron chi connectivity index (χ4n) is 2.90. The lowest BCUT2D eigenvalue weighted by molar-refractivity contribution is -0.116. The quantitative estimate of drug-likeness (QED) is 0.716. The first-order chi connectivity index (χ1) is 12.6. The lowest BCUT2D eigenvalue weighted by atomic mass is 9.95. The molecule has 5 heteroatoms. The van der Waals surface area contributed by atoms with E-state index in [0.29, 0.717) is 11.8 Å². The van der Waals surface area contributed by atoms with E-state index in [-0.39, 0.29) is 18.2 Å². The number of benzene rings is 2. The summed E-state index contributed by atoms with van der Waals surface area (Å²) in [5, 5.41) is 11.1. The second-order valence-electron chi connectivity index (χ2n) is 6.38. The van der Waals surface area contributed by atoms with Gasteiger partial charge in [-0.25, -0.2) is 0 Å². The molecule has 1 aromatic heterocycles. The number of nitrogens with zero attached hydrogens (tertiary/aromatic N) is 2. The topological polar surface area (TPSA) is 68.0 Å². The molecule has 1 unspecified atom stereocenters. The van der Waals surface area contributed by atoms with Crippen molar-refractivity contribution in [3.05, 3.63) is 77.0 Å². The van der Waals surface area contributed by atoms with E-state index in [2.05, 4.69) is 28.5 Å². The second kappa shape index (κ2) is 7.95. The van der Waals surface area contributed by atoms with Crippen LogP contribution in [0.1, 0.15) is 47.7 Å². The Morgan fingerprint density at radius 1 is 1.12 bits per heavy atom. The zero-order chi connectivity index (χ0) is 18.5. The Kier molecular flexibility index (Phi) is 5.46. The van der Waals surface area contributed by atoms with Gasteiger partial charge in [0.2, 0.25) is 17.7 Å². The minimum atomic E-state index is -0.271. The van der Waals surface area contributed by atoms with Crippen molar-refractivity contribution in [1.82, 2.24) is 10.2 Å². The molecule has 0 aliphatic carbocycles. The molecule has 0 saturated carbocycles. The van der Waals surface area contributed by atoms with Gasteiger partial charge in [-0.1, -0.05) is 49.4 Å². The lowest BCUT2D eigenvalue weighted by Gasteiger charge is -2.15. The molecular weight excluding hydrogens is 326 g/mol. The van der Waals surface area contributed by atoms with Gasteiger partial charge in [-0.3, -0.25) is 4.79 Å². The number of amides is 1. The maximum Gasteiger partial charge on any atom is 0.225 e. The average molecular weight is 349 g/mol. The van der Waals surface area contributed by atoms with Crippen molar-refractivity contribution in [2.75, 3.05) is 5.32 Å². The van der Waals surface area contributed by atoms with Crippen molar-refractivity contribution in [3.63, 3.8) is 0 Å². The minimum Gasteiger partial charge on any atom is -0.425 e. The van der Waals surface area contributed by atoms with E-state index < -0.39 is 0 Å². The van der Waals surface area contributed by atoms with E-state index in [4.69, 9.17) is 4.42 Å². The van der Waals surface area contributed by atoms with E-state index in [9.17, 15) is 4.79 Å². The van der Waals surface area contributed by atoms with Crippen LogP contribution in [-0.2, 0) is 11.2 Å². The fourth-order valence-corrected chi connectivity index (χ4v) is 2.90. The summed E-state index contributed by atoms with van der Waals surface area (Å²) in [5.41, 5.74) is 4.06. The number of aromatic nitrogens is 2. The fraction of sp³-hybridized carbons (Fsp3) is 0.286. The van der Waals surface area contributed by atoms with Crippen LogP contribution in [0.25, 0.3) is 0 Å². The molecule has 0 aliphatic rings. The largest absolute Gasteiger partial charge is 0.425 e. The number of hydrogen-bond acceptors (Lipinski definition) is 4. The van der Waals surface area contributed by atoms with Gasteiger partial charge in [0.05, 0.1) is 5.92 Å². The van der Waals surface area contributed by atoms with Crippen molar-refractivity contribution in [2.24, 2.45) is 0 Å². The summed E-state index contributed by atoms with van der Waals surface area (Å²) in [6.45, 7) is 5.84. The highest BCUT2D eigenvalue weighted by molar-refractivity contribution is 5.92. The van der Waals surface area contributed by atoms with Crippen molar-refractivity contribution in [2.45, 2.75) is 39.5 Å². The SMILES string of the molecule is CCc1ccc(C)c(NC(=O)CC(c2ccccc2)c2nnc(C)o2)c1. The molecule has 1 N–H and O–H groups in total. The lowest BCUT2D eigenvalue weighted by Crippen LogP contribution is -2.17. The molecule has 5 nitrogen and oxygen atoms in total. The average Bonchev–Trinajstić information content (AvgIpc) is 3.08. The van der Waals surface area contributed by atoms with Crippen molar-refractivity contribution < 1.29 is 9.21 Å². The van der Waals surface area contributed by atoms with Crippen LogP contribution in [0.4, 0.5) is 5.69 Å². The van der Waals surface area contributed by atoms with Crippen LogP contribution in [-0.4, -0.2) is 16.1 Å². The van der Waals surface area contributed by atoms with Gasteiger partial charge >= 0.3 is 0 Å². The number of hydrogen-bond donors (Lipinski definition) is 1. The molecule has 2 aromatic carbocycles. The third-order valence-electron chi connectivity index (χ3n) is 4.42. The molecule has 1 atom stereocenters. The molecule has 1 heterocycles. The number of carbonyl (C=O) groups is 1. The zero-order valence-corrected chi connectivity index (χ0v) is 15.3. The standard InChI is InChI=1S/C21H23N3O2/c1-4-16-11-10-14(2)19(12-16)22-20(25)13-18(17-8-6-5-7-9-17)21-24-23-15(3)26-21/h5-12,18H,4,13H2,1-3H3,(H,22,25). The monoisotopic (exact) mass is 349 g/mol. The van der Waals surface area contributed by atoms with Crippen LogP contribution in [0, 0.1) is 13.8 Å². The summed E-state index contributed by atoms with van der Waals surface area (Å²) in [4.78, 5) is 12.7. The van der Waals surface area contributed by atoms with Crippen LogP contribution < -0.4 is 5.32 Å². The van der Waals surface area contributed by atoms with Crippen LogP contribution in [0.15, 0.2) is 52.9 Å². The number of nitrogens with one attached hydrogen (secondary N) is 1. The van der Waals surface area contributed by atoms with Gasteiger partial charge in [-0.2, -0.15) is 0 Å². The molecule has 0 bridgehead atoms. The van der Waals surface area contributed by atoms with Crippen LogP contribution in [0.5, 0.6) is 0 Å². The number of anilines is 1. The molecule has 1 amide bonds. The van der Waals surface area contributed by atoms with E-state index in [1.54, 1.807) is 6.92 Å². The Hall–Kier alpha value is -2.95. The van der Waals surface area contributed by atoms with Gasteiger partial charge < -0.3 is 9.73 Å². The molecular formula is C21H23N3O2. The van der Waals surface area contributed by atoms with Gasteiger partial charge in [-0.05, 0) is 36.1 Å². The normalized spacial score (nSPS) is 12.0. The molecule has 0 aliphatic heterocycles. The van der Waals surface area contributed by atoms with Crippen LogP contribution in [0.3, 0.4) is 0 Å². The summed E-state index contributed by atoms with van der Waals surface area (Å²) in [7, 11) is 0. The van der Waals surface area contributed by atoms with Crippen molar-refractivity contribution >= 4 is 11.6 Å².